The Morgan fingerprint density at radius 1 is 1.31 bits per heavy atom. The van der Waals surface area contributed by atoms with Crippen molar-refractivity contribution in [2.75, 3.05) is 6.54 Å². The van der Waals surface area contributed by atoms with Crippen molar-refractivity contribution in [1.29, 1.82) is 0 Å². The van der Waals surface area contributed by atoms with Gasteiger partial charge < -0.3 is 21.1 Å². The summed E-state index contributed by atoms with van der Waals surface area (Å²) < 4.78 is 0. The molecule has 0 bridgehead atoms. The molecule has 0 radical (unpaired) electrons. The van der Waals surface area contributed by atoms with Crippen molar-refractivity contribution in [2.24, 2.45) is 5.73 Å². The van der Waals surface area contributed by atoms with Crippen molar-refractivity contribution in [3.8, 4) is 11.5 Å². The largest absolute Gasteiger partial charge is 0.504 e. The van der Waals surface area contributed by atoms with Crippen molar-refractivity contribution in [2.45, 2.75) is 18.8 Å². The predicted octanol–water partition coefficient (Wildman–Crippen LogP) is 1.00. The summed E-state index contributed by atoms with van der Waals surface area (Å²) in [5, 5.41) is 27.2. The number of carboxylic acid groups (broad SMARTS) is 1. The van der Waals surface area contributed by atoms with E-state index in [9.17, 15) is 9.90 Å². The summed E-state index contributed by atoms with van der Waals surface area (Å²) >= 11 is 0. The molecule has 0 aliphatic carbocycles. The molecule has 0 unspecified atom stereocenters. The Bertz CT molecular complexity index is 378. The molecule has 5 nitrogen and oxygen atoms in total. The summed E-state index contributed by atoms with van der Waals surface area (Å²) in [5.41, 5.74) is 6.08. The van der Waals surface area contributed by atoms with Crippen LogP contribution in [0.4, 0.5) is 0 Å². The Kier molecular flexibility index (Phi) is 4.13. The van der Waals surface area contributed by atoms with Gasteiger partial charge in [0.25, 0.3) is 0 Å². The smallest absolute Gasteiger partial charge is 0.303 e. The van der Waals surface area contributed by atoms with E-state index in [-0.39, 0.29) is 23.8 Å². The van der Waals surface area contributed by atoms with Gasteiger partial charge in [-0.25, -0.2) is 0 Å². The van der Waals surface area contributed by atoms with Crippen LogP contribution in [0.3, 0.4) is 0 Å². The van der Waals surface area contributed by atoms with Gasteiger partial charge in [-0.15, -0.1) is 0 Å². The highest BCUT2D eigenvalue weighted by Crippen LogP contribution is 2.31. The minimum Gasteiger partial charge on any atom is -0.504 e. The van der Waals surface area contributed by atoms with Gasteiger partial charge in [-0.1, -0.05) is 6.07 Å². The number of rotatable bonds is 5. The van der Waals surface area contributed by atoms with Crippen molar-refractivity contribution in [1.82, 2.24) is 0 Å². The highest BCUT2D eigenvalue weighted by Gasteiger charge is 2.16. The summed E-state index contributed by atoms with van der Waals surface area (Å²) in [7, 11) is 0. The van der Waals surface area contributed by atoms with Crippen LogP contribution in [0.2, 0.25) is 0 Å². The molecule has 16 heavy (non-hydrogen) atoms. The Labute approximate surface area is 93.1 Å². The number of hydrogen-bond acceptors (Lipinski definition) is 4. The van der Waals surface area contributed by atoms with Crippen molar-refractivity contribution < 1.29 is 20.1 Å². The van der Waals surface area contributed by atoms with Gasteiger partial charge in [0, 0.05) is 0 Å². The topological polar surface area (TPSA) is 104 Å². The third-order valence-electron chi connectivity index (χ3n) is 2.41. The fourth-order valence-electron chi connectivity index (χ4n) is 1.59. The van der Waals surface area contributed by atoms with E-state index < -0.39 is 5.97 Å². The number of phenols is 2. The number of carboxylic acids is 1. The van der Waals surface area contributed by atoms with Gasteiger partial charge >= 0.3 is 5.97 Å². The molecule has 1 aromatic rings. The molecule has 0 aliphatic rings. The molecule has 0 saturated heterocycles. The number of hydrogen-bond donors (Lipinski definition) is 4. The standard InChI is InChI=1S/C11H15NO4/c12-4-3-8(6-11(15)16)7-1-2-9(13)10(14)5-7/h1-2,5,8,13-14H,3-4,6,12H2,(H,15,16)/t8-/m1/s1. The summed E-state index contributed by atoms with van der Waals surface area (Å²) in [6.45, 7) is 0.375. The van der Waals surface area contributed by atoms with E-state index in [4.69, 9.17) is 15.9 Å². The van der Waals surface area contributed by atoms with Crippen LogP contribution in [-0.4, -0.2) is 27.8 Å². The average molecular weight is 225 g/mol. The number of aromatic hydroxyl groups is 2. The molecule has 0 fully saturated rings. The maximum Gasteiger partial charge on any atom is 0.303 e. The van der Waals surface area contributed by atoms with Crippen LogP contribution < -0.4 is 5.73 Å². The second-order valence-electron chi connectivity index (χ2n) is 3.62. The molecule has 1 rings (SSSR count). The zero-order valence-electron chi connectivity index (χ0n) is 8.76. The highest BCUT2D eigenvalue weighted by atomic mass is 16.4. The Morgan fingerprint density at radius 3 is 2.50 bits per heavy atom. The molecule has 0 heterocycles. The normalized spacial score (nSPS) is 12.3. The lowest BCUT2D eigenvalue weighted by molar-refractivity contribution is -0.137. The molecule has 5 heteroatoms. The molecule has 0 aromatic heterocycles. The zero-order chi connectivity index (χ0) is 12.1. The predicted molar refractivity (Wildman–Crippen MR) is 58.4 cm³/mol. The SMILES string of the molecule is NCC[C@H](CC(=O)O)c1ccc(O)c(O)c1. The summed E-state index contributed by atoms with van der Waals surface area (Å²) in [6, 6.07) is 4.31. The first-order chi connectivity index (χ1) is 7.54. The van der Waals surface area contributed by atoms with Gasteiger partial charge in [-0.2, -0.15) is 0 Å². The Hall–Kier alpha value is -1.75. The van der Waals surface area contributed by atoms with Crippen LogP contribution >= 0.6 is 0 Å². The quantitative estimate of drug-likeness (QED) is 0.560. The summed E-state index contributed by atoms with van der Waals surface area (Å²) in [6.07, 6.45) is 0.484. The van der Waals surface area contributed by atoms with Gasteiger partial charge in [0.05, 0.1) is 6.42 Å². The molecule has 1 atom stereocenters. The van der Waals surface area contributed by atoms with E-state index in [1.165, 1.54) is 12.1 Å². The molecule has 0 aliphatic heterocycles. The highest BCUT2D eigenvalue weighted by molar-refractivity contribution is 5.68. The number of benzene rings is 1. The minimum atomic E-state index is -0.911. The van der Waals surface area contributed by atoms with Gasteiger partial charge in [0.15, 0.2) is 11.5 Å². The monoisotopic (exact) mass is 225 g/mol. The molecule has 0 saturated carbocycles. The maximum atomic E-state index is 10.7. The average Bonchev–Trinajstić information content (AvgIpc) is 2.21. The first kappa shape index (κ1) is 12.3. The molecular formula is C11H15NO4. The molecule has 1 aromatic carbocycles. The van der Waals surface area contributed by atoms with Gasteiger partial charge in [0.2, 0.25) is 0 Å². The van der Waals surface area contributed by atoms with Gasteiger partial charge in [-0.05, 0) is 36.6 Å². The number of phenolic OH excluding ortho intramolecular Hbond substituents is 2. The van der Waals surface area contributed by atoms with E-state index in [2.05, 4.69) is 0 Å². The zero-order valence-corrected chi connectivity index (χ0v) is 8.76. The third kappa shape index (κ3) is 3.13. The number of nitrogens with two attached hydrogens (primary N) is 1. The van der Waals surface area contributed by atoms with E-state index in [1.807, 2.05) is 0 Å². The summed E-state index contributed by atoms with van der Waals surface area (Å²) in [4.78, 5) is 10.7. The van der Waals surface area contributed by atoms with Crippen molar-refractivity contribution >= 4 is 5.97 Å². The van der Waals surface area contributed by atoms with Crippen LogP contribution in [0.5, 0.6) is 11.5 Å². The van der Waals surface area contributed by atoms with Crippen LogP contribution in [0, 0.1) is 0 Å². The van der Waals surface area contributed by atoms with E-state index in [0.29, 0.717) is 18.5 Å². The number of carbonyl (C=O) groups is 1. The Morgan fingerprint density at radius 2 is 2.00 bits per heavy atom. The van der Waals surface area contributed by atoms with Crippen LogP contribution in [0.1, 0.15) is 24.3 Å². The molecule has 5 N–H and O–H groups in total. The first-order valence-electron chi connectivity index (χ1n) is 4.98. The summed E-state index contributed by atoms with van der Waals surface area (Å²) in [5.74, 6) is -1.62. The van der Waals surface area contributed by atoms with Crippen LogP contribution in [0.25, 0.3) is 0 Å². The van der Waals surface area contributed by atoms with Gasteiger partial charge in [-0.3, -0.25) is 4.79 Å². The van der Waals surface area contributed by atoms with Gasteiger partial charge in [0.1, 0.15) is 0 Å². The fourth-order valence-corrected chi connectivity index (χ4v) is 1.59. The lowest BCUT2D eigenvalue weighted by Gasteiger charge is -2.14. The van der Waals surface area contributed by atoms with Crippen LogP contribution in [-0.2, 0) is 4.79 Å². The third-order valence-corrected chi connectivity index (χ3v) is 2.41. The second kappa shape index (κ2) is 5.37. The number of aliphatic carboxylic acids is 1. The van der Waals surface area contributed by atoms with Crippen molar-refractivity contribution in [3.63, 3.8) is 0 Å². The maximum absolute atomic E-state index is 10.7. The minimum absolute atomic E-state index is 0.0403. The first-order valence-corrected chi connectivity index (χ1v) is 4.98. The van der Waals surface area contributed by atoms with Crippen LogP contribution in [0.15, 0.2) is 18.2 Å². The lowest BCUT2D eigenvalue weighted by atomic mass is 9.92. The van der Waals surface area contributed by atoms with E-state index >= 15 is 0 Å². The molecule has 0 amide bonds. The second-order valence-corrected chi connectivity index (χ2v) is 3.62. The molecule has 0 spiro atoms. The van der Waals surface area contributed by atoms with E-state index in [0.717, 1.165) is 0 Å². The Balaban J connectivity index is 2.91. The fraction of sp³-hybridized carbons (Fsp3) is 0.364. The lowest BCUT2D eigenvalue weighted by Crippen LogP contribution is -2.11. The van der Waals surface area contributed by atoms with Crippen molar-refractivity contribution in [3.05, 3.63) is 23.8 Å². The molecular weight excluding hydrogens is 210 g/mol. The molecule has 88 valence electrons. The van der Waals surface area contributed by atoms with E-state index in [1.54, 1.807) is 6.07 Å².